The van der Waals surface area contributed by atoms with E-state index in [-0.39, 0.29) is 5.91 Å². The number of carbonyl (C=O) groups is 2. The van der Waals surface area contributed by atoms with E-state index in [2.05, 4.69) is 10.6 Å². The third-order valence-electron chi connectivity index (χ3n) is 4.63. The van der Waals surface area contributed by atoms with E-state index >= 15 is 0 Å². The van der Waals surface area contributed by atoms with Crippen molar-refractivity contribution in [2.75, 3.05) is 20.0 Å². The van der Waals surface area contributed by atoms with Crippen molar-refractivity contribution in [2.45, 2.75) is 43.2 Å². The fraction of sp³-hybridized carbons (Fsp3) is 0.556. The Kier molecular flexibility index (Phi) is 6.48. The molecule has 25 heavy (non-hydrogen) atoms. The Morgan fingerprint density at radius 2 is 1.96 bits per heavy atom. The average molecular weight is 365 g/mol. The Labute approximate surface area is 153 Å². The maximum Gasteiger partial charge on any atom is 0.254 e. The Bertz CT molecular complexity index is 609. The van der Waals surface area contributed by atoms with Gasteiger partial charge < -0.3 is 20.6 Å². The van der Waals surface area contributed by atoms with E-state index in [1.54, 1.807) is 25.9 Å². The Balaban J connectivity index is 2.15. The summed E-state index contributed by atoms with van der Waals surface area (Å²) in [5.74, 6) is -0.232. The number of benzene rings is 1. The van der Waals surface area contributed by atoms with Gasteiger partial charge in [0.15, 0.2) is 0 Å². The lowest BCUT2D eigenvalue weighted by molar-refractivity contribution is -0.147. The number of carbonyl (C=O) groups excluding carboxylic acids is 2. The number of nitrogens with one attached hydrogen (secondary N) is 2. The van der Waals surface area contributed by atoms with Crippen molar-refractivity contribution < 1.29 is 14.7 Å². The van der Waals surface area contributed by atoms with Gasteiger partial charge in [0.2, 0.25) is 5.91 Å². The summed E-state index contributed by atoms with van der Waals surface area (Å²) in [6, 6.07) is 8.69. The van der Waals surface area contributed by atoms with Gasteiger partial charge in [-0.25, -0.2) is 0 Å². The second-order valence-electron chi connectivity index (χ2n) is 6.73. The highest BCUT2D eigenvalue weighted by atomic mass is 32.2. The smallest absolute Gasteiger partial charge is 0.254 e. The molecule has 1 aromatic carbocycles. The maximum atomic E-state index is 12.9. The van der Waals surface area contributed by atoms with Crippen LogP contribution in [0.2, 0.25) is 0 Å². The molecule has 0 radical (unpaired) electrons. The lowest BCUT2D eigenvalue weighted by Gasteiger charge is -2.32. The average Bonchev–Trinajstić information content (AvgIpc) is 2.93. The van der Waals surface area contributed by atoms with Crippen molar-refractivity contribution >= 4 is 23.6 Å². The number of amides is 2. The first kappa shape index (κ1) is 19.8. The summed E-state index contributed by atoms with van der Waals surface area (Å²) in [7, 11) is 3.29. The minimum Gasteiger partial charge on any atom is -0.382 e. The number of rotatable bonds is 6. The van der Waals surface area contributed by atoms with Gasteiger partial charge in [-0.05, 0) is 32.9 Å². The molecule has 0 bridgehead atoms. The molecule has 1 heterocycles. The van der Waals surface area contributed by atoms with Gasteiger partial charge in [0.25, 0.3) is 5.91 Å². The van der Waals surface area contributed by atoms with E-state index < -0.39 is 28.8 Å². The first-order valence-electron chi connectivity index (χ1n) is 8.37. The number of nitrogens with zero attached hydrogens (tertiary/aromatic N) is 1. The van der Waals surface area contributed by atoms with Crippen LogP contribution < -0.4 is 10.6 Å². The molecular weight excluding hydrogens is 338 g/mol. The van der Waals surface area contributed by atoms with Gasteiger partial charge in [-0.2, -0.15) is 0 Å². The van der Waals surface area contributed by atoms with Crippen LogP contribution in [0, 0.1) is 0 Å². The third kappa shape index (κ3) is 4.34. The fourth-order valence-electron chi connectivity index (χ4n) is 3.13. The van der Waals surface area contributed by atoms with Gasteiger partial charge in [-0.15, -0.1) is 11.8 Å². The van der Waals surface area contributed by atoms with Gasteiger partial charge in [0.05, 0.1) is 5.88 Å². The molecule has 7 heteroatoms. The Morgan fingerprint density at radius 3 is 2.52 bits per heavy atom. The summed E-state index contributed by atoms with van der Waals surface area (Å²) in [4.78, 5) is 26.7. The van der Waals surface area contributed by atoms with Crippen LogP contribution in [0.5, 0.6) is 0 Å². The zero-order valence-electron chi connectivity index (χ0n) is 15.2. The Morgan fingerprint density at radius 1 is 1.32 bits per heavy atom. The summed E-state index contributed by atoms with van der Waals surface area (Å²) in [5, 5.41) is 16.3. The predicted octanol–water partition coefficient (Wildman–Crippen LogP) is 0.604. The second-order valence-corrected chi connectivity index (χ2v) is 8.33. The van der Waals surface area contributed by atoms with Gasteiger partial charge in [-0.3, -0.25) is 9.59 Å². The van der Waals surface area contributed by atoms with E-state index in [9.17, 15) is 14.7 Å². The molecule has 2 rings (SSSR count). The molecule has 0 spiro atoms. The van der Waals surface area contributed by atoms with E-state index in [0.717, 1.165) is 5.56 Å². The van der Waals surface area contributed by atoms with Crippen molar-refractivity contribution in [3.05, 3.63) is 35.9 Å². The largest absolute Gasteiger partial charge is 0.382 e. The molecule has 138 valence electrons. The first-order valence-corrected chi connectivity index (χ1v) is 9.35. The predicted molar refractivity (Wildman–Crippen MR) is 100 cm³/mol. The van der Waals surface area contributed by atoms with Crippen molar-refractivity contribution in [1.29, 1.82) is 0 Å². The minimum absolute atomic E-state index is 0.209. The highest BCUT2D eigenvalue weighted by Crippen LogP contribution is 2.39. The van der Waals surface area contributed by atoms with Gasteiger partial charge in [0.1, 0.15) is 12.1 Å². The van der Waals surface area contributed by atoms with Crippen LogP contribution in [0.3, 0.4) is 0 Å². The first-order chi connectivity index (χ1) is 11.8. The number of thioether (sulfide) groups is 1. The van der Waals surface area contributed by atoms with E-state index in [1.807, 2.05) is 44.2 Å². The summed E-state index contributed by atoms with van der Waals surface area (Å²) >= 11 is 1.54. The molecular formula is C18H27N3O3S. The maximum absolute atomic E-state index is 12.9. The number of hydrogen-bond donors (Lipinski definition) is 3. The van der Waals surface area contributed by atoms with E-state index in [0.29, 0.717) is 12.3 Å². The van der Waals surface area contributed by atoms with E-state index in [4.69, 9.17) is 0 Å². The van der Waals surface area contributed by atoms with Gasteiger partial charge >= 0.3 is 0 Å². The highest BCUT2D eigenvalue weighted by molar-refractivity contribution is 8.00. The molecule has 1 saturated heterocycles. The van der Waals surface area contributed by atoms with Crippen LogP contribution in [0.1, 0.15) is 19.4 Å². The quantitative estimate of drug-likeness (QED) is 0.688. The number of likely N-dealkylation sites (N-methyl/N-ethyl adjacent to an activating group) is 2. The number of aliphatic hydroxyl groups is 1. The summed E-state index contributed by atoms with van der Waals surface area (Å²) in [6.45, 7) is 3.88. The molecule has 0 aliphatic carbocycles. The lowest BCUT2D eigenvalue weighted by atomic mass is 9.97. The van der Waals surface area contributed by atoms with Crippen LogP contribution in [0.15, 0.2) is 30.3 Å². The van der Waals surface area contributed by atoms with Crippen molar-refractivity contribution in [1.82, 2.24) is 15.5 Å². The standard InChI is InChI=1S/C18H27N3O3S/c1-18(2)15(16(23)20-4)21(11-25-18)17(24)14(22)13(19-3)10-12-8-6-5-7-9-12/h5-9,13-15,19,22H,10-11H2,1-4H3,(H,20,23)/t13-,14-,15?/m0/s1. The highest BCUT2D eigenvalue weighted by Gasteiger charge is 2.49. The van der Waals surface area contributed by atoms with Crippen LogP contribution in [0.4, 0.5) is 0 Å². The molecule has 3 atom stereocenters. The molecule has 0 saturated carbocycles. The monoisotopic (exact) mass is 365 g/mol. The molecule has 1 aliphatic rings. The molecule has 1 aromatic rings. The third-order valence-corrected chi connectivity index (χ3v) is 6.00. The lowest BCUT2D eigenvalue weighted by Crippen LogP contribution is -2.57. The van der Waals surface area contributed by atoms with Crippen molar-refractivity contribution in [3.8, 4) is 0 Å². The molecule has 0 aromatic heterocycles. The number of aliphatic hydroxyl groups excluding tert-OH is 1. The summed E-state index contributed by atoms with van der Waals surface area (Å²) < 4.78 is -0.399. The molecule has 2 amide bonds. The molecule has 3 N–H and O–H groups in total. The minimum atomic E-state index is -1.22. The normalized spacial score (nSPS) is 21.6. The van der Waals surface area contributed by atoms with Crippen LogP contribution in [-0.2, 0) is 16.0 Å². The molecule has 1 fully saturated rings. The van der Waals surface area contributed by atoms with Crippen LogP contribution in [0.25, 0.3) is 0 Å². The van der Waals surface area contributed by atoms with Crippen LogP contribution >= 0.6 is 11.8 Å². The summed E-state index contributed by atoms with van der Waals surface area (Å²) in [5.41, 5.74) is 1.03. The summed E-state index contributed by atoms with van der Waals surface area (Å²) in [6.07, 6.45) is -0.689. The number of hydrogen-bond acceptors (Lipinski definition) is 5. The van der Waals surface area contributed by atoms with Crippen molar-refractivity contribution in [2.24, 2.45) is 0 Å². The Hall–Kier alpha value is -1.57. The van der Waals surface area contributed by atoms with Crippen LogP contribution in [-0.4, -0.2) is 64.7 Å². The topological polar surface area (TPSA) is 81.7 Å². The van der Waals surface area contributed by atoms with E-state index in [1.165, 1.54) is 4.90 Å². The SMILES string of the molecule is CNC(=O)C1N(C(=O)[C@@H](O)[C@H](Cc2ccccc2)NC)CSC1(C)C. The van der Waals surface area contributed by atoms with Gasteiger partial charge in [0, 0.05) is 17.8 Å². The van der Waals surface area contributed by atoms with Crippen molar-refractivity contribution in [3.63, 3.8) is 0 Å². The zero-order chi connectivity index (χ0) is 18.6. The second kappa shape index (κ2) is 8.21. The van der Waals surface area contributed by atoms with Gasteiger partial charge in [-0.1, -0.05) is 30.3 Å². The molecule has 1 unspecified atom stereocenters. The molecule has 1 aliphatic heterocycles. The zero-order valence-corrected chi connectivity index (χ0v) is 16.0. The fourth-order valence-corrected chi connectivity index (χ4v) is 4.27. The molecule has 6 nitrogen and oxygen atoms in total.